The molecule has 0 spiro atoms. The first-order valence-electron chi connectivity index (χ1n) is 5.75. The zero-order valence-electron chi connectivity index (χ0n) is 11.1. The molecule has 9 heteroatoms. The molecule has 0 radical (unpaired) electrons. The van der Waals surface area contributed by atoms with Crippen molar-refractivity contribution >= 4 is 33.3 Å². The van der Waals surface area contributed by atoms with Crippen LogP contribution in [0, 0.1) is 0 Å². The maximum atomic E-state index is 11.7. The number of rotatable bonds is 3. The molecule has 21 heavy (non-hydrogen) atoms. The molecule has 2 N–H and O–H groups in total. The fourth-order valence-corrected chi connectivity index (χ4v) is 2.52. The molecule has 112 valence electrons. The van der Waals surface area contributed by atoms with Crippen molar-refractivity contribution in [3.8, 4) is 0 Å². The van der Waals surface area contributed by atoms with Crippen LogP contribution in [-0.4, -0.2) is 38.0 Å². The van der Waals surface area contributed by atoms with Crippen LogP contribution in [0.5, 0.6) is 0 Å². The summed E-state index contributed by atoms with van der Waals surface area (Å²) >= 11 is 5.95. The van der Waals surface area contributed by atoms with E-state index in [1.54, 1.807) is 12.1 Å². The van der Waals surface area contributed by atoms with Crippen LogP contribution < -0.4 is 5.84 Å². The predicted molar refractivity (Wildman–Crippen MR) is 80.5 cm³/mol. The van der Waals surface area contributed by atoms with Gasteiger partial charge in [0.2, 0.25) is 5.62 Å². The van der Waals surface area contributed by atoms with Crippen molar-refractivity contribution in [2.45, 2.75) is 10.5 Å². The molecule has 1 aromatic rings. The molecule has 7 nitrogen and oxygen atoms in total. The van der Waals surface area contributed by atoms with Gasteiger partial charge in [-0.2, -0.15) is 9.98 Å². The Hall–Kier alpha value is -1.90. The van der Waals surface area contributed by atoms with Crippen molar-refractivity contribution in [3.05, 3.63) is 41.8 Å². The molecule has 0 aliphatic carbocycles. The van der Waals surface area contributed by atoms with Gasteiger partial charge in [0.15, 0.2) is 15.7 Å². The molecule has 1 heterocycles. The fraction of sp³-hybridized carbons (Fsp3) is 0.167. The summed E-state index contributed by atoms with van der Waals surface area (Å²) in [5.74, 6) is 6.12. The van der Waals surface area contributed by atoms with Gasteiger partial charge in [-0.1, -0.05) is 18.2 Å². The van der Waals surface area contributed by atoms with Crippen LogP contribution in [0.3, 0.4) is 0 Å². The molecule has 0 amide bonds. The first-order valence-corrected chi connectivity index (χ1v) is 7.74. The van der Waals surface area contributed by atoms with E-state index in [1.807, 2.05) is 0 Å². The minimum atomic E-state index is -3.48. The summed E-state index contributed by atoms with van der Waals surface area (Å²) in [6.07, 6.45) is 0. The van der Waals surface area contributed by atoms with Gasteiger partial charge in [-0.05, 0) is 24.3 Å². The number of amidine groups is 2. The van der Waals surface area contributed by atoms with Crippen LogP contribution in [0.4, 0.5) is 0 Å². The number of halogens is 1. The number of hydrogen-bond acceptors (Lipinski definition) is 7. The Morgan fingerprint density at radius 3 is 2.57 bits per heavy atom. The van der Waals surface area contributed by atoms with Crippen LogP contribution in [0.25, 0.3) is 0 Å². The van der Waals surface area contributed by atoms with E-state index in [0.29, 0.717) is 11.4 Å². The average Bonchev–Trinajstić information content (AvgIpc) is 2.50. The third-order valence-corrected chi connectivity index (χ3v) is 4.41. The number of hydrogen-bond donors (Lipinski definition) is 1. The monoisotopic (exact) mass is 328 g/mol. The maximum Gasteiger partial charge on any atom is 0.316 e. The summed E-state index contributed by atoms with van der Waals surface area (Å²) in [6, 6.07) is 6.10. The second-order valence-corrected chi connectivity index (χ2v) is 6.29. The number of ether oxygens (including phenoxy) is 1. The van der Waals surface area contributed by atoms with Gasteiger partial charge in [-0.15, -0.1) is 0 Å². The van der Waals surface area contributed by atoms with Gasteiger partial charge in [0, 0.05) is 11.0 Å². The van der Waals surface area contributed by atoms with Gasteiger partial charge >= 0.3 is 6.02 Å². The number of nitrogens with two attached hydrogens (primary N) is 1. The quantitative estimate of drug-likeness (QED) is 0.508. The van der Waals surface area contributed by atoms with Crippen molar-refractivity contribution in [3.63, 3.8) is 0 Å². The molecule has 0 saturated carbocycles. The van der Waals surface area contributed by atoms with Crippen LogP contribution in [0.15, 0.2) is 51.1 Å². The number of benzene rings is 1. The van der Waals surface area contributed by atoms with Gasteiger partial charge in [0.1, 0.15) is 0 Å². The number of nitrogens with zero attached hydrogens (tertiary/aromatic N) is 3. The van der Waals surface area contributed by atoms with E-state index in [4.69, 9.17) is 22.2 Å². The average molecular weight is 329 g/mol. The first-order chi connectivity index (χ1) is 9.89. The smallest absolute Gasteiger partial charge is 0.316 e. The number of sulfone groups is 1. The summed E-state index contributed by atoms with van der Waals surface area (Å²) in [6.45, 7) is 3.27. The molecule has 2 rings (SSSR count). The third-order valence-electron chi connectivity index (χ3n) is 2.74. The Morgan fingerprint density at radius 1 is 1.43 bits per heavy atom. The van der Waals surface area contributed by atoms with Crippen molar-refractivity contribution in [1.29, 1.82) is 0 Å². The third kappa shape index (κ3) is 3.07. The lowest BCUT2D eigenvalue weighted by Gasteiger charge is -2.26. The zero-order valence-corrected chi connectivity index (χ0v) is 12.7. The van der Waals surface area contributed by atoms with Crippen LogP contribution in [-0.2, 0) is 14.6 Å². The van der Waals surface area contributed by atoms with E-state index in [9.17, 15) is 8.42 Å². The van der Waals surface area contributed by atoms with Crippen molar-refractivity contribution in [2.24, 2.45) is 15.8 Å². The van der Waals surface area contributed by atoms with Gasteiger partial charge in [-0.3, -0.25) is 5.01 Å². The zero-order chi connectivity index (χ0) is 15.6. The molecule has 1 aromatic carbocycles. The van der Waals surface area contributed by atoms with Crippen molar-refractivity contribution in [1.82, 2.24) is 5.01 Å². The van der Waals surface area contributed by atoms with Crippen LogP contribution in [0.2, 0.25) is 0 Å². The number of alkyl halides is 1. The highest BCUT2D eigenvalue weighted by molar-refractivity contribution is 7.94. The Labute approximate surface area is 127 Å². The highest BCUT2D eigenvalue weighted by atomic mass is 35.5. The number of methoxy groups -OCH3 is 1. The fourth-order valence-electron chi connectivity index (χ4n) is 1.63. The van der Waals surface area contributed by atoms with Crippen LogP contribution in [0.1, 0.15) is 5.56 Å². The predicted octanol–water partition coefficient (Wildman–Crippen LogP) is 1.06. The van der Waals surface area contributed by atoms with E-state index >= 15 is 0 Å². The van der Waals surface area contributed by atoms with E-state index in [1.165, 1.54) is 19.2 Å². The highest BCUT2D eigenvalue weighted by Gasteiger charge is 2.24. The second kappa shape index (κ2) is 5.84. The Morgan fingerprint density at radius 2 is 2.05 bits per heavy atom. The largest absolute Gasteiger partial charge is 0.467 e. The molecule has 1 aliphatic heterocycles. The number of hydrazine groups is 1. The topological polar surface area (TPSA) is 97.3 Å². The highest BCUT2D eigenvalue weighted by Crippen LogP contribution is 2.18. The minimum absolute atomic E-state index is 0.0921. The lowest BCUT2D eigenvalue weighted by Crippen LogP contribution is -2.45. The number of aliphatic imine (C=N–C) groups is 2. The van der Waals surface area contributed by atoms with Crippen molar-refractivity contribution < 1.29 is 13.2 Å². The van der Waals surface area contributed by atoms with E-state index in [2.05, 4.69) is 16.6 Å². The molecule has 0 fully saturated rings. The van der Waals surface area contributed by atoms with Crippen molar-refractivity contribution in [2.75, 3.05) is 7.11 Å². The molecular formula is C12H13ClN4O3S. The van der Waals surface area contributed by atoms with Crippen LogP contribution >= 0.6 is 11.6 Å². The molecular weight excluding hydrogens is 316 g/mol. The summed E-state index contributed by atoms with van der Waals surface area (Å²) in [7, 11) is -2.07. The van der Waals surface area contributed by atoms with Gasteiger partial charge in [0.25, 0.3) is 0 Å². The summed E-state index contributed by atoms with van der Waals surface area (Å²) in [4.78, 5) is 8.13. The van der Waals surface area contributed by atoms with Gasteiger partial charge in [0.05, 0.1) is 12.0 Å². The Kier molecular flexibility index (Phi) is 4.31. The molecule has 1 atom stereocenters. The van der Waals surface area contributed by atoms with E-state index < -0.39 is 15.5 Å². The first kappa shape index (κ1) is 15.5. The summed E-state index contributed by atoms with van der Waals surface area (Å²) in [5.41, 5.74) is -0.278. The SMILES string of the molecule is C=CS(=O)(=O)c1ccc(C2=NC(OC)=NC(Cl)N2N)cc1. The minimum Gasteiger partial charge on any atom is -0.467 e. The maximum absolute atomic E-state index is 11.7. The lowest BCUT2D eigenvalue weighted by atomic mass is 10.2. The molecule has 1 unspecified atom stereocenters. The second-order valence-electron chi connectivity index (χ2n) is 4.01. The van der Waals surface area contributed by atoms with E-state index in [0.717, 1.165) is 10.4 Å². The summed E-state index contributed by atoms with van der Waals surface area (Å²) < 4.78 is 28.3. The Balaban J connectivity index is 2.41. The molecule has 0 saturated heterocycles. The lowest BCUT2D eigenvalue weighted by molar-refractivity contribution is 0.356. The normalized spacial score (nSPS) is 18.8. The van der Waals surface area contributed by atoms with Gasteiger partial charge < -0.3 is 4.74 Å². The van der Waals surface area contributed by atoms with Gasteiger partial charge in [-0.25, -0.2) is 14.3 Å². The Bertz CT molecular complexity index is 713. The van der Waals surface area contributed by atoms with E-state index in [-0.39, 0.29) is 10.9 Å². The molecule has 1 aliphatic rings. The summed E-state index contributed by atoms with van der Waals surface area (Å²) in [5, 5.41) is 2.04. The molecule has 0 bridgehead atoms. The standard InChI is InChI=1S/C12H13ClN4O3S/c1-3-21(18,19)9-6-4-8(5-7-9)10-15-12(20-2)16-11(13)17(10)14/h3-7,11H,1,14H2,2H3. The molecule has 0 aromatic heterocycles.